The second kappa shape index (κ2) is 2.51. The van der Waals surface area contributed by atoms with Crippen molar-refractivity contribution in [1.29, 1.82) is 0 Å². The number of morpholine rings is 1. The van der Waals surface area contributed by atoms with Gasteiger partial charge in [-0.2, -0.15) is 0 Å². The summed E-state index contributed by atoms with van der Waals surface area (Å²) in [6.07, 6.45) is 3.32. The average molecular weight is 141 g/mol. The zero-order valence-corrected chi connectivity index (χ0v) is 6.47. The SMILES string of the molecule is CC1COC(C2CC2)CN1. The molecule has 1 N–H and O–H groups in total. The normalized spacial score (nSPS) is 41.7. The maximum absolute atomic E-state index is 5.65. The minimum Gasteiger partial charge on any atom is -0.375 e. The molecule has 1 aliphatic heterocycles. The molecule has 2 aliphatic rings. The van der Waals surface area contributed by atoms with Crippen molar-refractivity contribution in [2.45, 2.75) is 31.9 Å². The molecule has 0 aromatic heterocycles. The first kappa shape index (κ1) is 6.62. The Hall–Kier alpha value is -0.0800. The Morgan fingerprint density at radius 2 is 2.20 bits per heavy atom. The van der Waals surface area contributed by atoms with Gasteiger partial charge in [-0.1, -0.05) is 0 Å². The van der Waals surface area contributed by atoms with Crippen LogP contribution in [0.4, 0.5) is 0 Å². The smallest absolute Gasteiger partial charge is 0.0728 e. The van der Waals surface area contributed by atoms with Crippen molar-refractivity contribution in [2.24, 2.45) is 5.92 Å². The van der Waals surface area contributed by atoms with E-state index in [0.717, 1.165) is 19.1 Å². The lowest BCUT2D eigenvalue weighted by Gasteiger charge is -2.28. The molecule has 0 radical (unpaired) electrons. The summed E-state index contributed by atoms with van der Waals surface area (Å²) in [5, 5.41) is 3.43. The highest BCUT2D eigenvalue weighted by Crippen LogP contribution is 2.34. The predicted molar refractivity (Wildman–Crippen MR) is 39.9 cm³/mol. The van der Waals surface area contributed by atoms with Gasteiger partial charge in [0.25, 0.3) is 0 Å². The summed E-state index contributed by atoms with van der Waals surface area (Å²) < 4.78 is 5.65. The molecule has 1 saturated heterocycles. The van der Waals surface area contributed by atoms with Gasteiger partial charge in [-0.05, 0) is 25.7 Å². The second-order valence-corrected chi connectivity index (χ2v) is 3.52. The standard InChI is InChI=1S/C8H15NO/c1-6-5-10-8(4-9-6)7-2-3-7/h6-9H,2-5H2,1H3. The third kappa shape index (κ3) is 1.32. The molecule has 0 spiro atoms. The van der Waals surface area contributed by atoms with Gasteiger partial charge in [0.05, 0.1) is 12.7 Å². The second-order valence-electron chi connectivity index (χ2n) is 3.52. The van der Waals surface area contributed by atoms with Crippen molar-refractivity contribution in [3.8, 4) is 0 Å². The molecule has 10 heavy (non-hydrogen) atoms. The highest BCUT2D eigenvalue weighted by atomic mass is 16.5. The summed E-state index contributed by atoms with van der Waals surface area (Å²) in [7, 11) is 0. The summed E-state index contributed by atoms with van der Waals surface area (Å²) in [6, 6.07) is 0.565. The minimum absolute atomic E-state index is 0.538. The van der Waals surface area contributed by atoms with Gasteiger partial charge in [-0.3, -0.25) is 0 Å². The van der Waals surface area contributed by atoms with Crippen LogP contribution in [0, 0.1) is 5.92 Å². The van der Waals surface area contributed by atoms with Crippen molar-refractivity contribution in [2.75, 3.05) is 13.2 Å². The van der Waals surface area contributed by atoms with E-state index in [1.165, 1.54) is 12.8 Å². The third-order valence-electron chi connectivity index (χ3n) is 2.38. The Labute approximate surface area is 61.9 Å². The van der Waals surface area contributed by atoms with Gasteiger partial charge in [0.15, 0.2) is 0 Å². The summed E-state index contributed by atoms with van der Waals surface area (Å²) in [5.41, 5.74) is 0. The number of hydrogen-bond donors (Lipinski definition) is 1. The van der Waals surface area contributed by atoms with Crippen molar-refractivity contribution in [3.05, 3.63) is 0 Å². The van der Waals surface area contributed by atoms with Crippen molar-refractivity contribution in [3.63, 3.8) is 0 Å². The van der Waals surface area contributed by atoms with Gasteiger partial charge in [-0.15, -0.1) is 0 Å². The van der Waals surface area contributed by atoms with E-state index in [-0.39, 0.29) is 0 Å². The van der Waals surface area contributed by atoms with E-state index in [1.807, 2.05) is 0 Å². The van der Waals surface area contributed by atoms with Crippen LogP contribution in [-0.4, -0.2) is 25.3 Å². The lowest BCUT2D eigenvalue weighted by atomic mass is 10.2. The maximum atomic E-state index is 5.65. The zero-order valence-electron chi connectivity index (χ0n) is 6.47. The molecule has 2 unspecified atom stereocenters. The first-order valence-corrected chi connectivity index (χ1v) is 4.21. The fourth-order valence-electron chi connectivity index (χ4n) is 1.47. The van der Waals surface area contributed by atoms with Crippen LogP contribution in [0.25, 0.3) is 0 Å². The fourth-order valence-corrected chi connectivity index (χ4v) is 1.47. The predicted octanol–water partition coefficient (Wildman–Crippen LogP) is 0.773. The molecule has 0 aromatic carbocycles. The van der Waals surface area contributed by atoms with Crippen LogP contribution >= 0.6 is 0 Å². The van der Waals surface area contributed by atoms with Crippen LogP contribution in [0.3, 0.4) is 0 Å². The highest BCUT2D eigenvalue weighted by Gasteiger charge is 2.33. The van der Waals surface area contributed by atoms with Crippen LogP contribution < -0.4 is 5.32 Å². The Bertz CT molecular complexity index is 114. The molecule has 1 saturated carbocycles. The van der Waals surface area contributed by atoms with E-state index in [0.29, 0.717) is 12.1 Å². The van der Waals surface area contributed by atoms with Crippen LogP contribution in [-0.2, 0) is 4.74 Å². The van der Waals surface area contributed by atoms with Crippen LogP contribution in [0.5, 0.6) is 0 Å². The number of rotatable bonds is 1. The van der Waals surface area contributed by atoms with Crippen molar-refractivity contribution in [1.82, 2.24) is 5.32 Å². The molecular weight excluding hydrogens is 126 g/mol. The van der Waals surface area contributed by atoms with Crippen LogP contribution in [0.1, 0.15) is 19.8 Å². The Morgan fingerprint density at radius 3 is 2.70 bits per heavy atom. The molecule has 2 fully saturated rings. The number of ether oxygens (including phenoxy) is 1. The number of hydrogen-bond acceptors (Lipinski definition) is 2. The molecule has 0 aromatic rings. The Morgan fingerprint density at radius 1 is 1.40 bits per heavy atom. The molecule has 2 atom stereocenters. The summed E-state index contributed by atoms with van der Waals surface area (Å²) in [4.78, 5) is 0. The summed E-state index contributed by atoms with van der Waals surface area (Å²) in [6.45, 7) is 4.15. The molecule has 2 rings (SSSR count). The molecule has 2 nitrogen and oxygen atoms in total. The van der Waals surface area contributed by atoms with E-state index in [2.05, 4.69) is 12.2 Å². The van der Waals surface area contributed by atoms with E-state index < -0.39 is 0 Å². The average Bonchev–Trinajstić information content (AvgIpc) is 2.71. The largest absolute Gasteiger partial charge is 0.375 e. The van der Waals surface area contributed by atoms with Gasteiger partial charge >= 0.3 is 0 Å². The first-order chi connectivity index (χ1) is 4.86. The third-order valence-corrected chi connectivity index (χ3v) is 2.38. The molecule has 0 amide bonds. The van der Waals surface area contributed by atoms with Gasteiger partial charge in [0.2, 0.25) is 0 Å². The highest BCUT2D eigenvalue weighted by molar-refractivity contribution is 4.86. The van der Waals surface area contributed by atoms with E-state index in [9.17, 15) is 0 Å². The van der Waals surface area contributed by atoms with Crippen LogP contribution in [0.15, 0.2) is 0 Å². The van der Waals surface area contributed by atoms with Crippen molar-refractivity contribution < 1.29 is 4.74 Å². The maximum Gasteiger partial charge on any atom is 0.0728 e. The lowest BCUT2D eigenvalue weighted by Crippen LogP contribution is -2.45. The monoisotopic (exact) mass is 141 g/mol. The Balaban J connectivity index is 1.79. The van der Waals surface area contributed by atoms with E-state index >= 15 is 0 Å². The minimum atomic E-state index is 0.538. The van der Waals surface area contributed by atoms with E-state index in [1.54, 1.807) is 0 Å². The molecule has 0 bridgehead atoms. The number of nitrogens with one attached hydrogen (secondary N) is 1. The van der Waals surface area contributed by atoms with Gasteiger partial charge in [0, 0.05) is 12.6 Å². The summed E-state index contributed by atoms with van der Waals surface area (Å²) in [5.74, 6) is 0.889. The zero-order chi connectivity index (χ0) is 6.97. The molecule has 58 valence electrons. The molecule has 1 heterocycles. The van der Waals surface area contributed by atoms with Gasteiger partial charge < -0.3 is 10.1 Å². The Kier molecular flexibility index (Phi) is 1.66. The van der Waals surface area contributed by atoms with Gasteiger partial charge in [0.1, 0.15) is 0 Å². The topological polar surface area (TPSA) is 21.3 Å². The van der Waals surface area contributed by atoms with E-state index in [4.69, 9.17) is 4.74 Å². The fraction of sp³-hybridized carbons (Fsp3) is 1.00. The van der Waals surface area contributed by atoms with Gasteiger partial charge in [-0.25, -0.2) is 0 Å². The quantitative estimate of drug-likeness (QED) is 0.582. The van der Waals surface area contributed by atoms with Crippen molar-refractivity contribution >= 4 is 0 Å². The summed E-state index contributed by atoms with van der Waals surface area (Å²) >= 11 is 0. The molecule has 2 heteroatoms. The van der Waals surface area contributed by atoms with Crippen LogP contribution in [0.2, 0.25) is 0 Å². The molecule has 1 aliphatic carbocycles. The lowest BCUT2D eigenvalue weighted by molar-refractivity contribution is -0.00428. The first-order valence-electron chi connectivity index (χ1n) is 4.21. The molecular formula is C8H15NO.